The molecule has 2 rings (SSSR count). The van der Waals surface area contributed by atoms with E-state index in [1.807, 2.05) is 0 Å². The SMILES string of the molecule is CC1CN(c2ccc(CCN)cc2)CCO1. The van der Waals surface area contributed by atoms with Crippen molar-refractivity contribution >= 4 is 5.69 Å². The molecular formula is C13H20N2O. The number of nitrogens with two attached hydrogens (primary N) is 1. The summed E-state index contributed by atoms with van der Waals surface area (Å²) < 4.78 is 5.53. The predicted octanol–water partition coefficient (Wildman–Crippen LogP) is 1.41. The van der Waals surface area contributed by atoms with Gasteiger partial charge in [-0.25, -0.2) is 0 Å². The predicted molar refractivity (Wildman–Crippen MR) is 66.8 cm³/mol. The number of anilines is 1. The summed E-state index contributed by atoms with van der Waals surface area (Å²) in [5.41, 5.74) is 8.13. The van der Waals surface area contributed by atoms with Gasteiger partial charge >= 0.3 is 0 Å². The van der Waals surface area contributed by atoms with Crippen LogP contribution in [0.5, 0.6) is 0 Å². The quantitative estimate of drug-likeness (QED) is 0.837. The second-order valence-electron chi connectivity index (χ2n) is 4.33. The fraction of sp³-hybridized carbons (Fsp3) is 0.538. The lowest BCUT2D eigenvalue weighted by Crippen LogP contribution is -2.41. The highest BCUT2D eigenvalue weighted by Crippen LogP contribution is 2.18. The number of nitrogens with zero attached hydrogens (tertiary/aromatic N) is 1. The van der Waals surface area contributed by atoms with Gasteiger partial charge in [-0.2, -0.15) is 0 Å². The Balaban J connectivity index is 2.03. The van der Waals surface area contributed by atoms with E-state index in [2.05, 4.69) is 36.1 Å². The minimum absolute atomic E-state index is 0.331. The second-order valence-corrected chi connectivity index (χ2v) is 4.33. The molecule has 1 saturated heterocycles. The number of morpholine rings is 1. The summed E-state index contributed by atoms with van der Waals surface area (Å²) in [5.74, 6) is 0. The summed E-state index contributed by atoms with van der Waals surface area (Å²) in [6, 6.07) is 8.71. The van der Waals surface area contributed by atoms with E-state index in [0.717, 1.165) is 26.1 Å². The van der Waals surface area contributed by atoms with Crippen molar-refractivity contribution in [1.29, 1.82) is 0 Å². The standard InChI is InChI=1S/C13H20N2O/c1-11-10-15(8-9-16-11)13-4-2-12(3-5-13)6-7-14/h2-5,11H,6-10,14H2,1H3. The van der Waals surface area contributed by atoms with Gasteiger partial charge < -0.3 is 15.4 Å². The highest BCUT2D eigenvalue weighted by molar-refractivity contribution is 5.48. The lowest BCUT2D eigenvalue weighted by atomic mass is 10.1. The van der Waals surface area contributed by atoms with E-state index in [-0.39, 0.29) is 0 Å². The average molecular weight is 220 g/mol. The summed E-state index contributed by atoms with van der Waals surface area (Å²) in [6.45, 7) is 5.63. The molecule has 1 aliphatic rings. The van der Waals surface area contributed by atoms with Crippen LogP contribution in [-0.4, -0.2) is 32.3 Å². The number of ether oxygens (including phenoxy) is 1. The van der Waals surface area contributed by atoms with Crippen LogP contribution in [0.2, 0.25) is 0 Å². The van der Waals surface area contributed by atoms with Gasteiger partial charge in [-0.05, 0) is 37.6 Å². The Bertz CT molecular complexity index is 323. The first kappa shape index (κ1) is 11.4. The van der Waals surface area contributed by atoms with E-state index < -0.39 is 0 Å². The fourth-order valence-corrected chi connectivity index (χ4v) is 2.09. The van der Waals surface area contributed by atoms with Crippen LogP contribution >= 0.6 is 0 Å². The topological polar surface area (TPSA) is 38.5 Å². The lowest BCUT2D eigenvalue weighted by molar-refractivity contribution is 0.0532. The molecule has 1 unspecified atom stereocenters. The van der Waals surface area contributed by atoms with Gasteiger partial charge in [0, 0.05) is 18.8 Å². The normalized spacial score (nSPS) is 21.1. The highest BCUT2D eigenvalue weighted by Gasteiger charge is 2.16. The van der Waals surface area contributed by atoms with Crippen LogP contribution in [-0.2, 0) is 11.2 Å². The first-order valence-corrected chi connectivity index (χ1v) is 5.95. The Labute approximate surface area is 97.2 Å². The molecule has 0 aromatic heterocycles. The van der Waals surface area contributed by atoms with Crippen LogP contribution in [0.4, 0.5) is 5.69 Å². The zero-order valence-electron chi connectivity index (χ0n) is 9.86. The van der Waals surface area contributed by atoms with Crippen LogP contribution < -0.4 is 10.6 Å². The van der Waals surface area contributed by atoms with Gasteiger partial charge in [-0.3, -0.25) is 0 Å². The summed E-state index contributed by atoms with van der Waals surface area (Å²) in [7, 11) is 0. The van der Waals surface area contributed by atoms with Gasteiger partial charge in [0.05, 0.1) is 12.7 Å². The van der Waals surface area contributed by atoms with Crippen molar-refractivity contribution in [3.63, 3.8) is 0 Å². The maximum absolute atomic E-state index is 5.53. The largest absolute Gasteiger partial charge is 0.375 e. The smallest absolute Gasteiger partial charge is 0.0722 e. The summed E-state index contributed by atoms with van der Waals surface area (Å²) >= 11 is 0. The van der Waals surface area contributed by atoms with Crippen LogP contribution in [0.1, 0.15) is 12.5 Å². The molecule has 1 fully saturated rings. The Morgan fingerprint density at radius 3 is 2.75 bits per heavy atom. The summed E-state index contributed by atoms with van der Waals surface area (Å²) in [4.78, 5) is 2.38. The second kappa shape index (κ2) is 5.32. The van der Waals surface area contributed by atoms with Gasteiger partial charge in [0.15, 0.2) is 0 Å². The minimum Gasteiger partial charge on any atom is -0.375 e. The first-order valence-electron chi connectivity index (χ1n) is 5.95. The maximum Gasteiger partial charge on any atom is 0.0722 e. The van der Waals surface area contributed by atoms with Crippen LogP contribution in [0.3, 0.4) is 0 Å². The minimum atomic E-state index is 0.331. The Hall–Kier alpha value is -1.06. The highest BCUT2D eigenvalue weighted by atomic mass is 16.5. The fourth-order valence-electron chi connectivity index (χ4n) is 2.09. The van der Waals surface area contributed by atoms with Crippen molar-refractivity contribution < 1.29 is 4.74 Å². The molecule has 0 saturated carbocycles. The average Bonchev–Trinajstić information content (AvgIpc) is 2.30. The molecule has 1 heterocycles. The van der Waals surface area contributed by atoms with Crippen LogP contribution in [0, 0.1) is 0 Å². The zero-order valence-corrected chi connectivity index (χ0v) is 9.86. The van der Waals surface area contributed by atoms with E-state index >= 15 is 0 Å². The Morgan fingerprint density at radius 1 is 1.38 bits per heavy atom. The Morgan fingerprint density at radius 2 is 2.12 bits per heavy atom. The summed E-state index contributed by atoms with van der Waals surface area (Å²) in [6.07, 6.45) is 1.29. The molecule has 1 aliphatic heterocycles. The molecule has 1 atom stereocenters. The van der Waals surface area contributed by atoms with Gasteiger partial charge in [-0.1, -0.05) is 12.1 Å². The van der Waals surface area contributed by atoms with E-state index in [0.29, 0.717) is 12.6 Å². The molecule has 0 amide bonds. The van der Waals surface area contributed by atoms with Gasteiger partial charge in [0.2, 0.25) is 0 Å². The van der Waals surface area contributed by atoms with Crippen molar-refractivity contribution in [2.45, 2.75) is 19.4 Å². The van der Waals surface area contributed by atoms with Crippen molar-refractivity contribution in [2.75, 3.05) is 31.1 Å². The van der Waals surface area contributed by atoms with Gasteiger partial charge in [0.1, 0.15) is 0 Å². The number of hydrogen-bond acceptors (Lipinski definition) is 3. The van der Waals surface area contributed by atoms with E-state index in [1.165, 1.54) is 11.3 Å². The summed E-state index contributed by atoms with van der Waals surface area (Å²) in [5, 5.41) is 0. The lowest BCUT2D eigenvalue weighted by Gasteiger charge is -2.33. The first-order chi connectivity index (χ1) is 7.79. The molecule has 0 aliphatic carbocycles. The molecule has 2 N–H and O–H groups in total. The molecule has 1 aromatic rings. The zero-order chi connectivity index (χ0) is 11.4. The number of benzene rings is 1. The van der Waals surface area contributed by atoms with Crippen molar-refractivity contribution in [1.82, 2.24) is 0 Å². The third-order valence-corrected chi connectivity index (χ3v) is 2.98. The molecule has 3 nitrogen and oxygen atoms in total. The molecule has 16 heavy (non-hydrogen) atoms. The van der Waals surface area contributed by atoms with Crippen molar-refractivity contribution in [2.24, 2.45) is 5.73 Å². The molecule has 1 aromatic carbocycles. The van der Waals surface area contributed by atoms with Gasteiger partial charge in [-0.15, -0.1) is 0 Å². The molecule has 0 spiro atoms. The Kier molecular flexibility index (Phi) is 3.80. The molecule has 0 bridgehead atoms. The van der Waals surface area contributed by atoms with E-state index in [1.54, 1.807) is 0 Å². The monoisotopic (exact) mass is 220 g/mol. The molecular weight excluding hydrogens is 200 g/mol. The molecule has 3 heteroatoms. The third kappa shape index (κ3) is 2.74. The van der Waals surface area contributed by atoms with Gasteiger partial charge in [0.25, 0.3) is 0 Å². The van der Waals surface area contributed by atoms with E-state index in [9.17, 15) is 0 Å². The third-order valence-electron chi connectivity index (χ3n) is 2.98. The number of rotatable bonds is 3. The number of hydrogen-bond donors (Lipinski definition) is 1. The van der Waals surface area contributed by atoms with E-state index in [4.69, 9.17) is 10.5 Å². The van der Waals surface area contributed by atoms with Crippen LogP contribution in [0.15, 0.2) is 24.3 Å². The van der Waals surface area contributed by atoms with Crippen LogP contribution in [0.25, 0.3) is 0 Å². The maximum atomic E-state index is 5.53. The van der Waals surface area contributed by atoms with Crippen molar-refractivity contribution in [3.05, 3.63) is 29.8 Å². The van der Waals surface area contributed by atoms with Crippen molar-refractivity contribution in [3.8, 4) is 0 Å². The molecule has 0 radical (unpaired) electrons. The molecule has 88 valence electrons.